The lowest BCUT2D eigenvalue weighted by molar-refractivity contribution is -0.137. The van der Waals surface area contributed by atoms with Crippen molar-refractivity contribution in [3.8, 4) is 0 Å². The van der Waals surface area contributed by atoms with Gasteiger partial charge in [0.2, 0.25) is 0 Å². The number of carbonyl (C=O) groups excluding carboxylic acids is 1. The Kier molecular flexibility index (Phi) is 8.33. The van der Waals surface area contributed by atoms with Crippen LogP contribution in [0.15, 0.2) is 23.2 Å². The molecule has 86 valence electrons. The van der Waals surface area contributed by atoms with Crippen LogP contribution in [0.2, 0.25) is 0 Å². The maximum atomic E-state index is 10.9. The molecule has 15 heavy (non-hydrogen) atoms. The monoisotopic (exact) mass is 276 g/mol. The Morgan fingerprint density at radius 2 is 2.33 bits per heavy atom. The van der Waals surface area contributed by atoms with Crippen molar-refractivity contribution < 1.29 is 14.6 Å². The van der Waals surface area contributed by atoms with E-state index in [1.54, 1.807) is 13.0 Å². The summed E-state index contributed by atoms with van der Waals surface area (Å²) in [7, 11) is 0. The second-order valence-corrected chi connectivity index (χ2v) is 4.22. The highest BCUT2D eigenvalue weighted by Gasteiger charge is 2.02. The fraction of sp³-hybridized carbons (Fsp3) is 0.545. The topological polar surface area (TPSA) is 46.5 Å². The average molecular weight is 277 g/mol. The summed E-state index contributed by atoms with van der Waals surface area (Å²) >= 11 is 3.22. The smallest absolute Gasteiger partial charge is 0.330 e. The van der Waals surface area contributed by atoms with E-state index in [2.05, 4.69) is 22.5 Å². The van der Waals surface area contributed by atoms with Crippen LogP contribution >= 0.6 is 15.9 Å². The Morgan fingerprint density at radius 1 is 1.67 bits per heavy atom. The number of aliphatic hydroxyl groups excluding tert-OH is 1. The van der Waals surface area contributed by atoms with Gasteiger partial charge < -0.3 is 9.84 Å². The lowest BCUT2D eigenvalue weighted by Crippen LogP contribution is -2.05. The van der Waals surface area contributed by atoms with Crippen molar-refractivity contribution in [2.75, 3.05) is 6.61 Å². The molecule has 0 aromatic carbocycles. The van der Waals surface area contributed by atoms with Crippen LogP contribution < -0.4 is 0 Å². The first kappa shape index (κ1) is 14.4. The molecule has 3 nitrogen and oxygen atoms in total. The molecule has 0 heterocycles. The van der Waals surface area contributed by atoms with Crippen LogP contribution in [0, 0.1) is 0 Å². The molecule has 1 atom stereocenters. The first-order chi connectivity index (χ1) is 7.06. The summed E-state index contributed by atoms with van der Waals surface area (Å²) in [6.45, 7) is 5.80. The standard InChI is InChI=1S/C11H17BrO3/c1-3-15-11(14)6-4-5-10(13)8-7-9(2)12/h4,6,10,13H,2-3,5,7-8H2,1H3/b6-4+/t10-/m1/s1. The number of halogens is 1. The minimum absolute atomic E-state index is 0.366. The Labute approximate surface area is 98.9 Å². The molecule has 0 fully saturated rings. The van der Waals surface area contributed by atoms with E-state index in [4.69, 9.17) is 4.74 Å². The van der Waals surface area contributed by atoms with Crippen molar-refractivity contribution in [1.29, 1.82) is 0 Å². The van der Waals surface area contributed by atoms with Crippen molar-refractivity contribution in [2.45, 2.75) is 32.3 Å². The molecule has 0 saturated carbocycles. The predicted molar refractivity (Wildman–Crippen MR) is 63.7 cm³/mol. The van der Waals surface area contributed by atoms with Gasteiger partial charge in [-0.3, -0.25) is 0 Å². The van der Waals surface area contributed by atoms with Crippen molar-refractivity contribution in [1.82, 2.24) is 0 Å². The molecule has 1 N–H and O–H groups in total. The Balaban J connectivity index is 3.65. The van der Waals surface area contributed by atoms with Gasteiger partial charge in [-0.15, -0.1) is 0 Å². The number of ether oxygens (including phenoxy) is 1. The summed E-state index contributed by atoms with van der Waals surface area (Å²) < 4.78 is 5.56. The van der Waals surface area contributed by atoms with Crippen molar-refractivity contribution in [2.24, 2.45) is 0 Å². The van der Waals surface area contributed by atoms with Gasteiger partial charge in [0, 0.05) is 6.08 Å². The predicted octanol–water partition coefficient (Wildman–Crippen LogP) is 2.55. The van der Waals surface area contributed by atoms with Gasteiger partial charge in [-0.25, -0.2) is 4.79 Å². The third kappa shape index (κ3) is 9.69. The summed E-state index contributed by atoms with van der Waals surface area (Å²) in [5.74, 6) is -0.366. The molecule has 4 heteroatoms. The van der Waals surface area contributed by atoms with Gasteiger partial charge in [0.15, 0.2) is 0 Å². The minimum atomic E-state index is -0.440. The van der Waals surface area contributed by atoms with Crippen molar-refractivity contribution in [3.05, 3.63) is 23.2 Å². The van der Waals surface area contributed by atoms with Crippen molar-refractivity contribution in [3.63, 3.8) is 0 Å². The van der Waals surface area contributed by atoms with E-state index in [0.717, 1.165) is 10.9 Å². The molecule has 0 aliphatic heterocycles. The molecule has 0 aromatic heterocycles. The molecule has 0 aliphatic rings. The quantitative estimate of drug-likeness (QED) is 0.574. The zero-order chi connectivity index (χ0) is 11.7. The summed E-state index contributed by atoms with van der Waals surface area (Å²) in [6.07, 6.45) is 4.35. The molecule has 0 bridgehead atoms. The molecule has 0 unspecified atom stereocenters. The van der Waals surface area contributed by atoms with E-state index in [0.29, 0.717) is 19.4 Å². The number of esters is 1. The van der Waals surface area contributed by atoms with Gasteiger partial charge in [-0.2, -0.15) is 0 Å². The van der Waals surface area contributed by atoms with E-state index in [1.165, 1.54) is 6.08 Å². The average Bonchev–Trinajstić information content (AvgIpc) is 2.15. The number of hydrogen-bond donors (Lipinski definition) is 1. The summed E-state index contributed by atoms with van der Waals surface area (Å²) in [5, 5.41) is 9.48. The second kappa shape index (κ2) is 8.68. The number of allylic oxidation sites excluding steroid dienone is 1. The van der Waals surface area contributed by atoms with Crippen LogP contribution in [0.5, 0.6) is 0 Å². The highest BCUT2D eigenvalue weighted by molar-refractivity contribution is 9.11. The molecular formula is C11H17BrO3. The van der Waals surface area contributed by atoms with E-state index in [1.807, 2.05) is 0 Å². The number of rotatable bonds is 7. The third-order valence-corrected chi connectivity index (χ3v) is 2.09. The van der Waals surface area contributed by atoms with Gasteiger partial charge in [0.1, 0.15) is 0 Å². The molecule has 0 aliphatic carbocycles. The zero-order valence-electron chi connectivity index (χ0n) is 8.91. The van der Waals surface area contributed by atoms with E-state index < -0.39 is 6.10 Å². The van der Waals surface area contributed by atoms with Crippen LogP contribution in [0.3, 0.4) is 0 Å². The summed E-state index contributed by atoms with van der Waals surface area (Å²) in [5.41, 5.74) is 0. The van der Waals surface area contributed by atoms with Gasteiger partial charge in [-0.1, -0.05) is 28.6 Å². The summed E-state index contributed by atoms with van der Waals surface area (Å²) in [6, 6.07) is 0. The maximum absolute atomic E-state index is 10.9. The number of aliphatic hydroxyl groups is 1. The lowest BCUT2D eigenvalue weighted by Gasteiger charge is -2.06. The molecule has 0 rings (SSSR count). The van der Waals surface area contributed by atoms with E-state index >= 15 is 0 Å². The van der Waals surface area contributed by atoms with E-state index in [9.17, 15) is 9.90 Å². The largest absolute Gasteiger partial charge is 0.463 e. The van der Waals surface area contributed by atoms with Crippen LogP contribution in [0.4, 0.5) is 0 Å². The van der Waals surface area contributed by atoms with Gasteiger partial charge >= 0.3 is 5.97 Å². The maximum Gasteiger partial charge on any atom is 0.330 e. The normalized spacial score (nSPS) is 12.7. The molecule has 0 aromatic rings. The molecular weight excluding hydrogens is 260 g/mol. The fourth-order valence-corrected chi connectivity index (χ4v) is 1.18. The third-order valence-electron chi connectivity index (χ3n) is 1.70. The van der Waals surface area contributed by atoms with Crippen LogP contribution in [0.25, 0.3) is 0 Å². The second-order valence-electron chi connectivity index (χ2n) is 3.10. The fourth-order valence-electron chi connectivity index (χ4n) is 0.953. The van der Waals surface area contributed by atoms with E-state index in [-0.39, 0.29) is 5.97 Å². The molecule has 0 spiro atoms. The SMILES string of the molecule is C=C(Br)CC[C@H](O)C/C=C/C(=O)OCC. The van der Waals surface area contributed by atoms with Crippen LogP contribution in [0.1, 0.15) is 26.2 Å². The van der Waals surface area contributed by atoms with Gasteiger partial charge in [-0.05, 0) is 30.7 Å². The zero-order valence-corrected chi connectivity index (χ0v) is 10.5. The molecule has 0 radical (unpaired) electrons. The first-order valence-corrected chi connectivity index (χ1v) is 5.70. The Morgan fingerprint density at radius 3 is 2.87 bits per heavy atom. The number of hydrogen-bond acceptors (Lipinski definition) is 3. The Hall–Kier alpha value is -0.610. The van der Waals surface area contributed by atoms with Crippen LogP contribution in [-0.4, -0.2) is 23.8 Å². The lowest BCUT2D eigenvalue weighted by atomic mass is 10.1. The minimum Gasteiger partial charge on any atom is -0.463 e. The van der Waals surface area contributed by atoms with Gasteiger partial charge in [0.05, 0.1) is 12.7 Å². The first-order valence-electron chi connectivity index (χ1n) is 4.91. The molecule has 0 saturated heterocycles. The number of carbonyl (C=O) groups is 1. The Bertz CT molecular complexity index is 236. The van der Waals surface area contributed by atoms with Gasteiger partial charge in [0.25, 0.3) is 0 Å². The van der Waals surface area contributed by atoms with Crippen LogP contribution in [-0.2, 0) is 9.53 Å². The highest BCUT2D eigenvalue weighted by Crippen LogP contribution is 2.13. The summed E-state index contributed by atoms with van der Waals surface area (Å²) in [4.78, 5) is 10.9. The molecule has 0 amide bonds. The van der Waals surface area contributed by atoms with Crippen molar-refractivity contribution >= 4 is 21.9 Å². The highest BCUT2D eigenvalue weighted by atomic mass is 79.9.